The molecule has 130 valence electrons. The van der Waals surface area contributed by atoms with E-state index < -0.39 is 10.0 Å². The third kappa shape index (κ3) is 3.37. The highest BCUT2D eigenvalue weighted by Gasteiger charge is 2.27. The molecular weight excluding hydrogens is 324 g/mol. The zero-order chi connectivity index (χ0) is 17.3. The van der Waals surface area contributed by atoms with E-state index in [1.165, 1.54) is 0 Å². The number of aromatic nitrogens is 3. The summed E-state index contributed by atoms with van der Waals surface area (Å²) in [4.78, 5) is 4.92. The van der Waals surface area contributed by atoms with Gasteiger partial charge in [0.25, 0.3) is 0 Å². The van der Waals surface area contributed by atoms with E-state index in [9.17, 15) is 8.42 Å². The van der Waals surface area contributed by atoms with Gasteiger partial charge in [0.05, 0.1) is 11.4 Å². The molecule has 1 N–H and O–H groups in total. The summed E-state index contributed by atoms with van der Waals surface area (Å²) in [7, 11) is -3.53. The highest BCUT2D eigenvalue weighted by atomic mass is 32.2. The quantitative estimate of drug-likeness (QED) is 0.899. The van der Waals surface area contributed by atoms with Gasteiger partial charge in [0, 0.05) is 18.4 Å². The normalized spacial score (nSPS) is 17.9. The molecule has 0 saturated carbocycles. The fourth-order valence-corrected chi connectivity index (χ4v) is 4.58. The van der Waals surface area contributed by atoms with E-state index in [0.717, 1.165) is 30.1 Å². The summed E-state index contributed by atoms with van der Waals surface area (Å²) in [5.41, 5.74) is 0.837. The Hall–Kier alpha value is -1.73. The van der Waals surface area contributed by atoms with E-state index in [-0.39, 0.29) is 12.0 Å². The first-order valence-corrected chi connectivity index (χ1v) is 9.93. The van der Waals surface area contributed by atoms with Crippen LogP contribution in [0.25, 0.3) is 0 Å². The van der Waals surface area contributed by atoms with Crippen LogP contribution in [0.1, 0.15) is 50.3 Å². The second-order valence-corrected chi connectivity index (χ2v) is 8.22. The second-order valence-electron chi connectivity index (χ2n) is 6.54. The highest BCUT2D eigenvalue weighted by Crippen LogP contribution is 2.20. The monoisotopic (exact) mass is 348 g/mol. The Bertz CT molecular complexity index is 827. The van der Waals surface area contributed by atoms with Crippen molar-refractivity contribution in [3.8, 4) is 0 Å². The maximum absolute atomic E-state index is 12.7. The van der Waals surface area contributed by atoms with E-state index in [4.69, 9.17) is 0 Å². The van der Waals surface area contributed by atoms with E-state index in [1.54, 1.807) is 12.1 Å². The molecule has 1 atom stereocenters. The van der Waals surface area contributed by atoms with E-state index in [2.05, 4.69) is 28.7 Å². The summed E-state index contributed by atoms with van der Waals surface area (Å²) >= 11 is 0. The van der Waals surface area contributed by atoms with Gasteiger partial charge in [-0.05, 0) is 24.5 Å². The van der Waals surface area contributed by atoms with Crippen LogP contribution in [0.3, 0.4) is 0 Å². The van der Waals surface area contributed by atoms with Gasteiger partial charge in [-0.15, -0.1) is 0 Å². The van der Waals surface area contributed by atoms with Crippen LogP contribution >= 0.6 is 0 Å². The van der Waals surface area contributed by atoms with Gasteiger partial charge in [0.15, 0.2) is 5.82 Å². The number of hydrogen-bond acceptors (Lipinski definition) is 4. The molecule has 0 spiro atoms. The minimum absolute atomic E-state index is 0.158. The standard InChI is InChI=1S/C17H24N4O2S/c1-4-13-7-5-6-8-15(13)24(22,23)20-14-9-10-16-18-17(12(2)3)19-21(16)11-14/h5-8,12,14,20H,4,9-11H2,1-3H3. The van der Waals surface area contributed by atoms with Gasteiger partial charge < -0.3 is 0 Å². The lowest BCUT2D eigenvalue weighted by Gasteiger charge is -2.23. The molecule has 1 aromatic carbocycles. The summed E-state index contributed by atoms with van der Waals surface area (Å²) in [5.74, 6) is 2.04. The number of nitrogens with zero attached hydrogens (tertiary/aromatic N) is 3. The maximum Gasteiger partial charge on any atom is 0.241 e. The Morgan fingerprint density at radius 1 is 1.33 bits per heavy atom. The van der Waals surface area contributed by atoms with Crippen molar-refractivity contribution in [2.75, 3.05) is 0 Å². The Labute approximate surface area is 143 Å². The van der Waals surface area contributed by atoms with Crippen LogP contribution < -0.4 is 4.72 Å². The Kier molecular flexibility index (Phi) is 4.73. The van der Waals surface area contributed by atoms with Crippen molar-refractivity contribution < 1.29 is 8.42 Å². The molecule has 2 heterocycles. The third-order valence-corrected chi connectivity index (χ3v) is 5.98. The van der Waals surface area contributed by atoms with Gasteiger partial charge in [-0.2, -0.15) is 5.10 Å². The summed E-state index contributed by atoms with van der Waals surface area (Å²) in [5, 5.41) is 4.51. The fraction of sp³-hybridized carbons (Fsp3) is 0.529. The molecule has 3 rings (SSSR count). The smallest absolute Gasteiger partial charge is 0.241 e. The topological polar surface area (TPSA) is 76.9 Å². The lowest BCUT2D eigenvalue weighted by molar-refractivity contribution is 0.394. The van der Waals surface area contributed by atoms with E-state index in [0.29, 0.717) is 17.9 Å². The van der Waals surface area contributed by atoms with Crippen LogP contribution in [-0.2, 0) is 29.4 Å². The minimum Gasteiger partial charge on any atom is -0.248 e. The zero-order valence-electron chi connectivity index (χ0n) is 14.4. The Morgan fingerprint density at radius 2 is 2.08 bits per heavy atom. The molecule has 1 unspecified atom stereocenters. The lowest BCUT2D eigenvalue weighted by Crippen LogP contribution is -2.41. The number of fused-ring (bicyclic) bond motifs is 1. The first kappa shape index (κ1) is 17.1. The number of rotatable bonds is 5. The molecule has 0 saturated heterocycles. The molecule has 0 fully saturated rings. The molecular formula is C17H24N4O2S. The number of sulfonamides is 1. The summed E-state index contributed by atoms with van der Waals surface area (Å²) in [6, 6.07) is 7.00. The number of nitrogens with one attached hydrogen (secondary N) is 1. The van der Waals surface area contributed by atoms with Crippen molar-refractivity contribution >= 4 is 10.0 Å². The van der Waals surface area contributed by atoms with Crippen molar-refractivity contribution in [1.29, 1.82) is 0 Å². The average Bonchev–Trinajstić information content (AvgIpc) is 2.98. The zero-order valence-corrected chi connectivity index (χ0v) is 15.2. The summed E-state index contributed by atoms with van der Waals surface area (Å²) in [6.45, 7) is 6.61. The second kappa shape index (κ2) is 6.64. The predicted molar refractivity (Wildman–Crippen MR) is 92.4 cm³/mol. The van der Waals surface area contributed by atoms with Crippen LogP contribution in [0.15, 0.2) is 29.2 Å². The number of aryl methyl sites for hydroxylation is 2. The number of benzene rings is 1. The molecule has 0 radical (unpaired) electrons. The Balaban J connectivity index is 1.79. The summed E-state index contributed by atoms with van der Waals surface area (Å²) in [6.07, 6.45) is 2.17. The fourth-order valence-electron chi connectivity index (χ4n) is 3.01. The van der Waals surface area contributed by atoms with Crippen LogP contribution in [-0.4, -0.2) is 29.2 Å². The van der Waals surface area contributed by atoms with Gasteiger partial charge in [0.1, 0.15) is 5.82 Å². The van der Waals surface area contributed by atoms with Crippen molar-refractivity contribution in [3.63, 3.8) is 0 Å². The highest BCUT2D eigenvalue weighted by molar-refractivity contribution is 7.89. The maximum atomic E-state index is 12.7. The molecule has 0 amide bonds. The molecule has 24 heavy (non-hydrogen) atoms. The van der Waals surface area contributed by atoms with Crippen molar-refractivity contribution in [2.24, 2.45) is 0 Å². The first-order chi connectivity index (χ1) is 11.4. The molecule has 1 aliphatic rings. The van der Waals surface area contributed by atoms with Crippen molar-refractivity contribution in [1.82, 2.24) is 19.5 Å². The van der Waals surface area contributed by atoms with Crippen molar-refractivity contribution in [3.05, 3.63) is 41.5 Å². The molecule has 1 aliphatic heterocycles. The third-order valence-electron chi connectivity index (χ3n) is 4.36. The summed E-state index contributed by atoms with van der Waals surface area (Å²) < 4.78 is 30.2. The van der Waals surface area contributed by atoms with Gasteiger partial charge >= 0.3 is 0 Å². The molecule has 1 aromatic heterocycles. The van der Waals surface area contributed by atoms with Crippen LogP contribution in [0, 0.1) is 0 Å². The number of hydrogen-bond donors (Lipinski definition) is 1. The lowest BCUT2D eigenvalue weighted by atomic mass is 10.1. The van der Waals surface area contributed by atoms with Gasteiger partial charge in [-0.25, -0.2) is 22.8 Å². The SMILES string of the molecule is CCc1ccccc1S(=O)(=O)NC1CCc2nc(C(C)C)nn2C1. The molecule has 0 bridgehead atoms. The average molecular weight is 348 g/mol. The van der Waals surface area contributed by atoms with Crippen LogP contribution in [0.4, 0.5) is 0 Å². The molecule has 2 aromatic rings. The van der Waals surface area contributed by atoms with Gasteiger partial charge in [-0.3, -0.25) is 0 Å². The van der Waals surface area contributed by atoms with Gasteiger partial charge in [0.2, 0.25) is 10.0 Å². The van der Waals surface area contributed by atoms with Gasteiger partial charge in [-0.1, -0.05) is 39.0 Å². The first-order valence-electron chi connectivity index (χ1n) is 8.44. The van der Waals surface area contributed by atoms with Crippen molar-refractivity contribution in [2.45, 2.75) is 63.4 Å². The predicted octanol–water partition coefficient (Wildman–Crippen LogP) is 2.26. The molecule has 0 aliphatic carbocycles. The van der Waals surface area contributed by atoms with E-state index in [1.807, 2.05) is 23.7 Å². The molecule has 6 nitrogen and oxygen atoms in total. The minimum atomic E-state index is -3.53. The van der Waals surface area contributed by atoms with E-state index >= 15 is 0 Å². The van der Waals surface area contributed by atoms with Crippen LogP contribution in [0.2, 0.25) is 0 Å². The Morgan fingerprint density at radius 3 is 2.79 bits per heavy atom. The molecule has 7 heteroatoms. The largest absolute Gasteiger partial charge is 0.248 e. The van der Waals surface area contributed by atoms with Crippen LogP contribution in [0.5, 0.6) is 0 Å².